The third-order valence-electron chi connectivity index (χ3n) is 17.4. The minimum absolute atomic E-state index is 0. The van der Waals surface area contributed by atoms with Gasteiger partial charge in [0.2, 0.25) is 0 Å². The Morgan fingerprint density at radius 1 is 0.482 bits per heavy atom. The number of rotatable bonds is 7. The van der Waals surface area contributed by atoms with E-state index in [1.54, 1.807) is 0 Å². The van der Waals surface area contributed by atoms with Gasteiger partial charge in [-0.2, -0.15) is 36.3 Å². The summed E-state index contributed by atoms with van der Waals surface area (Å²) >= 11 is 0. The molecule has 1 fully saturated rings. The number of fused-ring (bicyclic) bond motifs is 2. The van der Waals surface area contributed by atoms with E-state index in [0.717, 1.165) is 113 Å². The van der Waals surface area contributed by atoms with Gasteiger partial charge in [0.05, 0.1) is 0 Å². The van der Waals surface area contributed by atoms with Crippen molar-refractivity contribution >= 4 is 18.9 Å². The summed E-state index contributed by atoms with van der Waals surface area (Å²) in [6, 6.07) is 60.4. The molecule has 10 bridgehead atoms. The molecule has 85 heavy (non-hydrogen) atoms. The molecule has 0 amide bonds. The van der Waals surface area contributed by atoms with Crippen LogP contribution in [0.1, 0.15) is 199 Å². The molecule has 8 aromatic carbocycles. The number of allylic oxidation sites excluding steroid dienone is 1. The van der Waals surface area contributed by atoms with E-state index < -0.39 is 14.5 Å². The third kappa shape index (κ3) is 13.6. The molecule has 0 saturated carbocycles. The van der Waals surface area contributed by atoms with Crippen LogP contribution in [0.15, 0.2) is 175 Å². The van der Waals surface area contributed by atoms with Crippen LogP contribution in [0, 0.1) is 12.0 Å². The van der Waals surface area contributed by atoms with Crippen molar-refractivity contribution in [3.8, 4) is 23.0 Å². The molecule has 12 rings (SSSR count). The minimum Gasteiger partial charge on any atom is -0.507 e. The first kappa shape index (κ1) is 63.1. The third-order valence-corrected chi connectivity index (χ3v) is 20.5. The van der Waals surface area contributed by atoms with Gasteiger partial charge in [0, 0.05) is 42.8 Å². The molecule has 438 valence electrons. The van der Waals surface area contributed by atoms with Crippen molar-refractivity contribution in [3.05, 3.63) is 265 Å². The summed E-state index contributed by atoms with van der Waals surface area (Å²) in [4.78, 5) is 0. The predicted octanol–water partition coefficient (Wildman–Crippen LogP) is 17.5. The maximum Gasteiger partial charge on any atom is 2.00 e. The van der Waals surface area contributed by atoms with Crippen molar-refractivity contribution in [2.24, 2.45) is 0 Å². The smallest absolute Gasteiger partial charge is 0.507 e. The Hall–Kier alpha value is -6.41. The number of hydrogen-bond acceptors (Lipinski definition) is 5. The molecule has 3 aliphatic heterocycles. The van der Waals surface area contributed by atoms with Crippen LogP contribution in [0.4, 0.5) is 0 Å². The summed E-state index contributed by atoms with van der Waals surface area (Å²) in [5.74, 6) is 2.24. The molecule has 1 saturated heterocycles. The second-order valence-corrected chi connectivity index (χ2v) is 30.8. The normalized spacial score (nSPS) is 15.6. The van der Waals surface area contributed by atoms with Crippen LogP contribution in [-0.4, -0.2) is 32.0 Å². The van der Waals surface area contributed by atoms with Crippen LogP contribution in [0.2, 0.25) is 0 Å². The number of benzene rings is 8. The Balaban J connectivity index is 0.00000137. The van der Waals surface area contributed by atoms with Crippen LogP contribution in [0.3, 0.4) is 0 Å². The second-order valence-electron chi connectivity index (χ2n) is 28.0. The van der Waals surface area contributed by atoms with Crippen molar-refractivity contribution < 1.29 is 45.5 Å². The number of aromatic hydroxyl groups is 2. The van der Waals surface area contributed by atoms with E-state index in [1.807, 2.05) is 6.07 Å². The van der Waals surface area contributed by atoms with Crippen molar-refractivity contribution in [1.29, 1.82) is 0 Å². The molecule has 1 atom stereocenters. The van der Waals surface area contributed by atoms with Gasteiger partial charge in [0.1, 0.15) is 23.0 Å². The Labute approximate surface area is 525 Å². The summed E-state index contributed by atoms with van der Waals surface area (Å²) in [5, 5.41) is 29.4. The maximum absolute atomic E-state index is 13.7. The molecule has 3 heterocycles. The molecule has 2 N–H and O–H groups in total. The topological polar surface area (TPSA) is 68.2 Å². The number of phenolic OH excluding ortho intramolecular Hbond substituents is 2. The van der Waals surface area contributed by atoms with E-state index in [2.05, 4.69) is 267 Å². The zero-order valence-corrected chi connectivity index (χ0v) is 55.5. The van der Waals surface area contributed by atoms with E-state index in [0.29, 0.717) is 19.3 Å². The first-order chi connectivity index (χ1) is 39.8. The van der Waals surface area contributed by atoms with Crippen LogP contribution in [-0.2, 0) is 67.4 Å². The molecular weight excluding hydrogens is 1090 g/mol. The van der Waals surface area contributed by atoms with E-state index in [1.165, 1.54) is 24.0 Å². The van der Waals surface area contributed by atoms with Crippen molar-refractivity contribution in [3.63, 3.8) is 0 Å². The molecule has 1 unspecified atom stereocenters. The van der Waals surface area contributed by atoms with Crippen LogP contribution in [0.25, 0.3) is 0 Å². The van der Waals surface area contributed by atoms with Gasteiger partial charge in [0.25, 0.3) is 0 Å². The molecule has 0 radical (unpaired) electrons. The van der Waals surface area contributed by atoms with Crippen LogP contribution >= 0.6 is 0 Å². The average Bonchev–Trinajstić information content (AvgIpc) is 1.26. The van der Waals surface area contributed by atoms with Crippen molar-refractivity contribution in [2.45, 2.75) is 163 Å². The molecule has 5 nitrogen and oxygen atoms in total. The van der Waals surface area contributed by atoms with Gasteiger partial charge >= 0.3 is 30.3 Å². The average molecular weight is 1180 g/mol. The molecule has 8 aromatic rings. The Morgan fingerprint density at radius 3 is 1.16 bits per heavy atom. The van der Waals surface area contributed by atoms with Gasteiger partial charge in [-0.1, -0.05) is 241 Å². The van der Waals surface area contributed by atoms with Crippen LogP contribution in [0.5, 0.6) is 23.0 Å². The van der Waals surface area contributed by atoms with Gasteiger partial charge in [-0.3, -0.25) is 5.92 Å². The molecule has 4 aliphatic rings. The summed E-state index contributed by atoms with van der Waals surface area (Å²) in [6.07, 6.45) is 7.67. The summed E-state index contributed by atoms with van der Waals surface area (Å²) in [5.41, 5.74) is 13.8. The van der Waals surface area contributed by atoms with Gasteiger partial charge in [-0.25, -0.2) is 0 Å². The van der Waals surface area contributed by atoms with Gasteiger partial charge < -0.3 is 23.8 Å². The first-order valence-corrected chi connectivity index (χ1v) is 32.3. The van der Waals surface area contributed by atoms with Crippen molar-refractivity contribution in [2.75, 3.05) is 13.2 Å². The standard InChI is InChI=1S/C74H80O4Si.C4H8O.Ti/c1-47(35-49-27-19-15-20-28-49)65(50-29-21-16-22-30-50)48(2)66-63-45-59(73(9,10)11)39-51(67(63)75)36-53-41-57(71(3,4)5)43-55-38-56-44-58(72(6,7)8)42-54(37-52-40-60(74(12,13)14)46-64(66)68(52)76)70(56)78-79(77-69(53)55,61-31-23-17-24-32-61)62-33-25-18-26-34-62;1-2-4-5-3-1;/h15-34,39-46,65-66,75-76H,36-38H2,1-14H3;1-4H2;/q-2;;+2. The summed E-state index contributed by atoms with van der Waals surface area (Å²) < 4.78 is 21.1. The fraction of sp³-hybridized carbons (Fsp3) is 0.346. The van der Waals surface area contributed by atoms with E-state index >= 15 is 0 Å². The second kappa shape index (κ2) is 25.1. The van der Waals surface area contributed by atoms with Gasteiger partial charge in [0.15, 0.2) is 0 Å². The minimum atomic E-state index is -3.80. The SMILES string of the molecule is C1CCOC1.CC(=[C-]c1ccccc1)C(c1ccccc1)[C-](C)C1c2cc(C(C)(C)C)cc(c2O)Cc2cc(C(C)(C)C)cc3c2O[Si](c2ccccc2)(c2ccccc2)Oc2c(cc(C(C)(C)C)cc2C3)Cc2cc(C(C)(C)C)cc1c2O.[Ti+2]. The first-order valence-electron chi connectivity index (χ1n) is 30.5. The fourth-order valence-electron chi connectivity index (χ4n) is 12.5. The van der Waals surface area contributed by atoms with Crippen molar-refractivity contribution in [1.82, 2.24) is 0 Å². The molecule has 7 heteroatoms. The van der Waals surface area contributed by atoms with E-state index in [9.17, 15) is 10.2 Å². The number of phenols is 2. The predicted molar refractivity (Wildman–Crippen MR) is 349 cm³/mol. The Kier molecular flexibility index (Phi) is 18.7. The fourth-order valence-corrected chi connectivity index (χ4v) is 15.7. The summed E-state index contributed by atoms with van der Waals surface area (Å²) in [7, 11) is -3.80. The van der Waals surface area contributed by atoms with E-state index in [4.69, 9.17) is 13.6 Å². The maximum atomic E-state index is 13.7. The number of hydrogen-bond donors (Lipinski definition) is 2. The molecule has 0 aromatic heterocycles. The quantitative estimate of drug-likeness (QED) is 0.123. The number of ether oxygens (including phenoxy) is 1. The summed E-state index contributed by atoms with van der Waals surface area (Å²) in [6.45, 7) is 33.6. The monoisotopic (exact) mass is 1180 g/mol. The van der Waals surface area contributed by atoms with E-state index in [-0.39, 0.29) is 60.8 Å². The largest absolute Gasteiger partial charge is 2.00 e. The van der Waals surface area contributed by atoms with Gasteiger partial charge in [-0.05, 0) is 101 Å². The van der Waals surface area contributed by atoms with Gasteiger partial charge in [-0.15, -0.1) is 24.0 Å². The Bertz CT molecular complexity index is 3460. The zero-order chi connectivity index (χ0) is 59.9. The van der Waals surface area contributed by atoms with Crippen LogP contribution < -0.4 is 19.2 Å². The molecule has 0 spiro atoms. The Morgan fingerprint density at radius 2 is 0.812 bits per heavy atom. The molecular formula is C78H88O5SiTi. The zero-order valence-electron chi connectivity index (χ0n) is 52.9. The molecule has 1 aliphatic carbocycles.